The van der Waals surface area contributed by atoms with Crippen molar-refractivity contribution in [3.05, 3.63) is 23.9 Å². The molecular formula is C10H12F3N3O2. The van der Waals surface area contributed by atoms with Crippen molar-refractivity contribution in [2.45, 2.75) is 31.2 Å². The first-order valence-electron chi connectivity index (χ1n) is 5.35. The largest absolute Gasteiger partial charge is 0.411 e. The van der Waals surface area contributed by atoms with Gasteiger partial charge in [-0.3, -0.25) is 0 Å². The topological polar surface area (TPSA) is 74.2 Å². The van der Waals surface area contributed by atoms with Crippen LogP contribution in [0.25, 0.3) is 0 Å². The first kappa shape index (κ1) is 13.0. The summed E-state index contributed by atoms with van der Waals surface area (Å²) in [6.07, 6.45) is -0.0220. The molecule has 8 heteroatoms. The van der Waals surface area contributed by atoms with Crippen LogP contribution in [0.5, 0.6) is 0 Å². The van der Waals surface area contributed by atoms with Crippen molar-refractivity contribution in [2.24, 2.45) is 5.73 Å². The van der Waals surface area contributed by atoms with Gasteiger partial charge >= 0.3 is 6.18 Å². The summed E-state index contributed by atoms with van der Waals surface area (Å²) in [5.41, 5.74) is 5.67. The van der Waals surface area contributed by atoms with Gasteiger partial charge in [-0.2, -0.15) is 18.2 Å². The van der Waals surface area contributed by atoms with Crippen LogP contribution in [0.15, 0.2) is 16.7 Å². The zero-order chi connectivity index (χ0) is 13.2. The van der Waals surface area contributed by atoms with Gasteiger partial charge in [-0.05, 0) is 6.42 Å². The lowest BCUT2D eigenvalue weighted by Crippen LogP contribution is -2.17. The van der Waals surface area contributed by atoms with Crippen molar-refractivity contribution >= 4 is 0 Å². The van der Waals surface area contributed by atoms with Gasteiger partial charge in [0.2, 0.25) is 5.89 Å². The molecule has 0 radical (unpaired) electrons. The number of ether oxygens (including phenoxy) is 1. The Morgan fingerprint density at radius 2 is 2.22 bits per heavy atom. The van der Waals surface area contributed by atoms with E-state index in [0.29, 0.717) is 12.3 Å². The minimum atomic E-state index is -4.35. The molecule has 2 rings (SSSR count). The number of nitrogens with zero attached hydrogens (tertiary/aromatic N) is 2. The van der Waals surface area contributed by atoms with E-state index in [1.165, 1.54) is 0 Å². The number of allylic oxidation sites excluding steroid dienone is 1. The predicted molar refractivity (Wildman–Crippen MR) is 54.5 cm³/mol. The molecule has 1 aliphatic carbocycles. The van der Waals surface area contributed by atoms with Gasteiger partial charge in [-0.25, -0.2) is 0 Å². The fourth-order valence-electron chi connectivity index (χ4n) is 1.65. The van der Waals surface area contributed by atoms with E-state index in [2.05, 4.69) is 14.9 Å². The quantitative estimate of drug-likeness (QED) is 0.833. The van der Waals surface area contributed by atoms with Crippen LogP contribution < -0.4 is 5.73 Å². The Balaban J connectivity index is 1.85. The molecule has 0 aromatic carbocycles. The van der Waals surface area contributed by atoms with Gasteiger partial charge in [0.15, 0.2) is 5.82 Å². The van der Waals surface area contributed by atoms with E-state index in [-0.39, 0.29) is 24.4 Å². The zero-order valence-corrected chi connectivity index (χ0v) is 9.35. The van der Waals surface area contributed by atoms with E-state index < -0.39 is 12.8 Å². The van der Waals surface area contributed by atoms with E-state index in [9.17, 15) is 13.2 Å². The molecule has 1 aromatic rings. The van der Waals surface area contributed by atoms with Crippen LogP contribution in [0.4, 0.5) is 13.2 Å². The molecule has 0 saturated carbocycles. The second kappa shape index (κ2) is 5.07. The van der Waals surface area contributed by atoms with Gasteiger partial charge in [-0.1, -0.05) is 17.3 Å². The Kier molecular flexibility index (Phi) is 3.67. The predicted octanol–water partition coefficient (Wildman–Crippen LogP) is 1.52. The molecule has 1 aliphatic rings. The van der Waals surface area contributed by atoms with Crippen LogP contribution in [0.2, 0.25) is 0 Å². The summed E-state index contributed by atoms with van der Waals surface area (Å²) in [6, 6.07) is -0.0492. The van der Waals surface area contributed by atoms with E-state index in [0.717, 1.165) is 0 Å². The lowest BCUT2D eigenvalue weighted by molar-refractivity contribution is -0.177. The molecule has 0 bridgehead atoms. The molecular weight excluding hydrogens is 251 g/mol. The normalized spacial score (nSPS) is 23.8. The number of halogens is 3. The molecule has 1 heterocycles. The van der Waals surface area contributed by atoms with Crippen molar-refractivity contribution < 1.29 is 22.4 Å². The summed E-state index contributed by atoms with van der Waals surface area (Å²) in [6.45, 7) is -1.66. The maximum absolute atomic E-state index is 11.8. The first-order chi connectivity index (χ1) is 8.44. The number of rotatable bonds is 4. The number of alkyl halides is 3. The molecule has 18 heavy (non-hydrogen) atoms. The van der Waals surface area contributed by atoms with Gasteiger partial charge in [-0.15, -0.1) is 0 Å². The molecule has 2 unspecified atom stereocenters. The minimum absolute atomic E-state index is 0.0492. The van der Waals surface area contributed by atoms with Crippen molar-refractivity contribution in [3.8, 4) is 0 Å². The highest BCUT2D eigenvalue weighted by Gasteiger charge is 2.28. The lowest BCUT2D eigenvalue weighted by atomic mass is 10.1. The van der Waals surface area contributed by atoms with E-state index in [1.54, 1.807) is 0 Å². The number of aromatic nitrogens is 2. The van der Waals surface area contributed by atoms with Crippen molar-refractivity contribution in [3.63, 3.8) is 0 Å². The highest BCUT2D eigenvalue weighted by atomic mass is 19.4. The number of hydrogen-bond donors (Lipinski definition) is 1. The molecule has 0 saturated heterocycles. The number of nitrogens with two attached hydrogens (primary N) is 1. The number of hydrogen-bond acceptors (Lipinski definition) is 5. The van der Waals surface area contributed by atoms with Gasteiger partial charge in [0.25, 0.3) is 0 Å². The first-order valence-corrected chi connectivity index (χ1v) is 5.35. The average molecular weight is 263 g/mol. The summed E-state index contributed by atoms with van der Waals surface area (Å²) >= 11 is 0. The molecule has 0 spiro atoms. The Morgan fingerprint density at radius 3 is 2.83 bits per heavy atom. The third kappa shape index (κ3) is 3.54. The molecule has 100 valence electrons. The van der Waals surface area contributed by atoms with Crippen LogP contribution >= 0.6 is 0 Å². The summed E-state index contributed by atoms with van der Waals surface area (Å²) in [5, 5.41) is 3.55. The van der Waals surface area contributed by atoms with E-state index in [4.69, 9.17) is 10.3 Å². The van der Waals surface area contributed by atoms with Gasteiger partial charge in [0.1, 0.15) is 13.2 Å². The molecule has 5 nitrogen and oxygen atoms in total. The van der Waals surface area contributed by atoms with E-state index >= 15 is 0 Å². The Labute approximate surface area is 101 Å². The monoisotopic (exact) mass is 263 g/mol. The Hall–Kier alpha value is -1.41. The highest BCUT2D eigenvalue weighted by Crippen LogP contribution is 2.26. The van der Waals surface area contributed by atoms with Gasteiger partial charge in [0, 0.05) is 6.04 Å². The summed E-state index contributed by atoms with van der Waals surface area (Å²) < 4.78 is 44.9. The van der Waals surface area contributed by atoms with Gasteiger partial charge < -0.3 is 15.0 Å². The summed E-state index contributed by atoms with van der Waals surface area (Å²) in [5.74, 6) is 0.386. The van der Waals surface area contributed by atoms with E-state index in [1.807, 2.05) is 12.2 Å². The van der Waals surface area contributed by atoms with Crippen LogP contribution in [-0.4, -0.2) is 29.0 Å². The maximum atomic E-state index is 11.8. The van der Waals surface area contributed by atoms with Gasteiger partial charge in [0.05, 0.1) is 5.92 Å². The second-order valence-electron chi connectivity index (χ2n) is 4.05. The third-order valence-corrected chi connectivity index (χ3v) is 2.41. The molecule has 1 aromatic heterocycles. The average Bonchev–Trinajstić information content (AvgIpc) is 2.85. The smallest absolute Gasteiger partial charge is 0.364 e. The van der Waals surface area contributed by atoms with Crippen molar-refractivity contribution in [1.29, 1.82) is 0 Å². The summed E-state index contributed by atoms with van der Waals surface area (Å²) in [4.78, 5) is 3.97. The molecule has 2 N–H and O–H groups in total. The Bertz CT molecular complexity index is 430. The van der Waals surface area contributed by atoms with Crippen LogP contribution in [0.3, 0.4) is 0 Å². The molecule has 2 atom stereocenters. The molecule has 0 fully saturated rings. The molecule has 0 amide bonds. The lowest BCUT2D eigenvalue weighted by Gasteiger charge is -2.04. The SMILES string of the molecule is NC1C=CC(c2nc(COCC(F)(F)F)no2)C1. The minimum Gasteiger partial charge on any atom is -0.364 e. The third-order valence-electron chi connectivity index (χ3n) is 2.41. The fraction of sp³-hybridized carbons (Fsp3) is 0.600. The van der Waals surface area contributed by atoms with Crippen LogP contribution in [-0.2, 0) is 11.3 Å². The second-order valence-corrected chi connectivity index (χ2v) is 4.05. The standard InChI is InChI=1S/C10H12F3N3O2/c11-10(12,13)5-17-4-8-15-9(18-16-8)6-1-2-7(14)3-6/h1-2,6-7H,3-5,14H2. The highest BCUT2D eigenvalue weighted by molar-refractivity contribution is 5.15. The van der Waals surface area contributed by atoms with Crippen molar-refractivity contribution in [1.82, 2.24) is 10.1 Å². The zero-order valence-electron chi connectivity index (χ0n) is 9.35. The summed E-state index contributed by atoms with van der Waals surface area (Å²) in [7, 11) is 0. The Morgan fingerprint density at radius 1 is 1.44 bits per heavy atom. The fourth-order valence-corrected chi connectivity index (χ4v) is 1.65. The van der Waals surface area contributed by atoms with Crippen molar-refractivity contribution in [2.75, 3.05) is 6.61 Å². The molecule has 0 aliphatic heterocycles. The van der Waals surface area contributed by atoms with Crippen LogP contribution in [0, 0.1) is 0 Å². The maximum Gasteiger partial charge on any atom is 0.411 e. The van der Waals surface area contributed by atoms with Crippen LogP contribution in [0.1, 0.15) is 24.1 Å².